The molecule has 1 amide bonds. The number of benzene rings is 2. The molecule has 1 heterocycles. The maximum absolute atomic E-state index is 13.4. The summed E-state index contributed by atoms with van der Waals surface area (Å²) < 4.78 is 12.5. The van der Waals surface area contributed by atoms with Gasteiger partial charge in [0.2, 0.25) is 11.9 Å². The Bertz CT molecular complexity index is 1010. The molecular formula is C23H26N4O3. The van der Waals surface area contributed by atoms with Crippen LogP contribution >= 0.6 is 0 Å². The Balaban J connectivity index is 1.55. The molecule has 1 aliphatic rings. The Morgan fingerprint density at radius 3 is 2.50 bits per heavy atom. The fraction of sp³-hybridized carbons (Fsp3) is 0.348. The number of rotatable bonds is 7. The molecule has 156 valence electrons. The average molecular weight is 406 g/mol. The number of amides is 1. The highest BCUT2D eigenvalue weighted by Gasteiger charge is 2.43. The molecule has 0 radical (unpaired) electrons. The molecule has 0 bridgehead atoms. The summed E-state index contributed by atoms with van der Waals surface area (Å²) in [6.45, 7) is 0.602. The minimum atomic E-state index is -0.621. The fourth-order valence-electron chi connectivity index (χ4n) is 4.18. The van der Waals surface area contributed by atoms with Gasteiger partial charge in [-0.25, -0.2) is 9.67 Å². The van der Waals surface area contributed by atoms with Crippen molar-refractivity contribution in [2.24, 2.45) is 0 Å². The Labute approximate surface area is 176 Å². The van der Waals surface area contributed by atoms with Crippen molar-refractivity contribution in [2.45, 2.75) is 37.6 Å². The molecule has 0 aliphatic heterocycles. The van der Waals surface area contributed by atoms with Crippen LogP contribution in [0.5, 0.6) is 11.5 Å². The molecule has 1 saturated carbocycles. The second-order valence-corrected chi connectivity index (χ2v) is 7.56. The van der Waals surface area contributed by atoms with Crippen molar-refractivity contribution in [1.29, 1.82) is 0 Å². The zero-order valence-electron chi connectivity index (χ0n) is 17.3. The van der Waals surface area contributed by atoms with Crippen molar-refractivity contribution in [3.8, 4) is 11.5 Å². The van der Waals surface area contributed by atoms with Gasteiger partial charge in [-0.15, -0.1) is 5.10 Å². The number of hydrogen-bond acceptors (Lipinski definition) is 5. The van der Waals surface area contributed by atoms with Gasteiger partial charge in [0.05, 0.1) is 26.2 Å². The first-order valence-electron chi connectivity index (χ1n) is 10.1. The third kappa shape index (κ3) is 3.87. The van der Waals surface area contributed by atoms with Crippen LogP contribution in [0.15, 0.2) is 54.9 Å². The molecule has 0 atom stereocenters. The first-order valence-corrected chi connectivity index (χ1v) is 10.1. The average Bonchev–Trinajstić information content (AvgIpc) is 3.44. The smallest absolute Gasteiger partial charge is 0.248 e. The molecule has 0 unspecified atom stereocenters. The summed E-state index contributed by atoms with van der Waals surface area (Å²) in [6, 6.07) is 15.7. The van der Waals surface area contributed by atoms with E-state index >= 15 is 0 Å². The summed E-state index contributed by atoms with van der Waals surface area (Å²) in [5.74, 6) is 1.52. The number of nitrogens with zero attached hydrogens (tertiary/aromatic N) is 3. The van der Waals surface area contributed by atoms with E-state index in [4.69, 9.17) is 9.47 Å². The van der Waals surface area contributed by atoms with Crippen LogP contribution in [0.4, 0.5) is 5.95 Å². The van der Waals surface area contributed by atoms with E-state index in [1.165, 1.54) is 0 Å². The molecule has 0 saturated heterocycles. The monoisotopic (exact) mass is 406 g/mol. The van der Waals surface area contributed by atoms with Gasteiger partial charge in [0, 0.05) is 0 Å². The van der Waals surface area contributed by atoms with Gasteiger partial charge >= 0.3 is 0 Å². The predicted octanol–water partition coefficient (Wildman–Crippen LogP) is 3.79. The lowest BCUT2D eigenvalue weighted by atomic mass is 9.78. The van der Waals surface area contributed by atoms with E-state index in [0.29, 0.717) is 24.0 Å². The molecule has 1 fully saturated rings. The zero-order chi connectivity index (χ0) is 21.0. The van der Waals surface area contributed by atoms with Crippen LogP contribution in [0.1, 0.15) is 36.8 Å². The van der Waals surface area contributed by atoms with E-state index < -0.39 is 5.41 Å². The number of anilines is 1. The van der Waals surface area contributed by atoms with E-state index in [-0.39, 0.29) is 5.91 Å². The molecular weight excluding hydrogens is 380 g/mol. The number of aromatic nitrogens is 3. The fourth-order valence-corrected chi connectivity index (χ4v) is 4.18. The van der Waals surface area contributed by atoms with Crippen molar-refractivity contribution < 1.29 is 14.3 Å². The molecule has 1 aliphatic carbocycles. The molecule has 0 spiro atoms. The molecule has 2 aromatic carbocycles. The van der Waals surface area contributed by atoms with Crippen LogP contribution in [0.3, 0.4) is 0 Å². The van der Waals surface area contributed by atoms with Crippen LogP contribution in [0, 0.1) is 0 Å². The number of methoxy groups -OCH3 is 2. The summed E-state index contributed by atoms with van der Waals surface area (Å²) >= 11 is 0. The highest BCUT2D eigenvalue weighted by Crippen LogP contribution is 2.44. The first kappa shape index (κ1) is 19.9. The quantitative estimate of drug-likeness (QED) is 0.646. The lowest BCUT2D eigenvalue weighted by Gasteiger charge is -2.28. The SMILES string of the molecule is COc1ccc(C2(C(=O)Nc3ncn(Cc4ccccc4)n3)CCCC2)cc1OC. The van der Waals surface area contributed by atoms with Crippen LogP contribution in [-0.2, 0) is 16.8 Å². The van der Waals surface area contributed by atoms with Crippen LogP contribution in [-0.4, -0.2) is 34.9 Å². The van der Waals surface area contributed by atoms with Crippen molar-refractivity contribution in [1.82, 2.24) is 14.8 Å². The van der Waals surface area contributed by atoms with Gasteiger partial charge in [-0.3, -0.25) is 10.1 Å². The molecule has 7 nitrogen and oxygen atoms in total. The van der Waals surface area contributed by atoms with E-state index in [9.17, 15) is 4.79 Å². The predicted molar refractivity (Wildman–Crippen MR) is 114 cm³/mol. The van der Waals surface area contributed by atoms with Gasteiger partial charge in [0.1, 0.15) is 6.33 Å². The normalized spacial score (nSPS) is 15.0. The van der Waals surface area contributed by atoms with E-state index in [1.807, 2.05) is 48.5 Å². The summed E-state index contributed by atoms with van der Waals surface area (Å²) in [5, 5.41) is 7.37. The summed E-state index contributed by atoms with van der Waals surface area (Å²) in [7, 11) is 3.21. The highest BCUT2D eigenvalue weighted by molar-refractivity contribution is 5.98. The number of nitrogens with one attached hydrogen (secondary N) is 1. The minimum absolute atomic E-state index is 0.0790. The van der Waals surface area contributed by atoms with Crippen molar-refractivity contribution in [2.75, 3.05) is 19.5 Å². The standard InChI is InChI=1S/C23H26N4O3/c1-29-19-11-10-18(14-20(19)30-2)23(12-6-7-13-23)21(28)25-22-24-16-27(26-22)15-17-8-4-3-5-9-17/h3-5,8-11,14,16H,6-7,12-13,15H2,1-2H3,(H,25,26,28). The second-order valence-electron chi connectivity index (χ2n) is 7.56. The molecule has 4 rings (SSSR count). The zero-order valence-corrected chi connectivity index (χ0v) is 17.3. The highest BCUT2D eigenvalue weighted by atomic mass is 16.5. The van der Waals surface area contributed by atoms with Gasteiger partial charge in [-0.2, -0.15) is 0 Å². The number of carbonyl (C=O) groups is 1. The molecule has 1 aromatic heterocycles. The number of hydrogen-bond donors (Lipinski definition) is 1. The van der Waals surface area contributed by atoms with Gasteiger partial charge in [0.15, 0.2) is 11.5 Å². The minimum Gasteiger partial charge on any atom is -0.493 e. The van der Waals surface area contributed by atoms with E-state index in [0.717, 1.165) is 36.8 Å². The Hall–Kier alpha value is -3.35. The van der Waals surface area contributed by atoms with E-state index in [1.54, 1.807) is 25.2 Å². The lowest BCUT2D eigenvalue weighted by Crippen LogP contribution is -2.38. The van der Waals surface area contributed by atoms with Gasteiger partial charge in [0.25, 0.3) is 0 Å². The van der Waals surface area contributed by atoms with Crippen molar-refractivity contribution in [3.63, 3.8) is 0 Å². The molecule has 30 heavy (non-hydrogen) atoms. The number of ether oxygens (including phenoxy) is 2. The van der Waals surface area contributed by atoms with Crippen LogP contribution in [0.25, 0.3) is 0 Å². The first-order chi connectivity index (χ1) is 14.6. The van der Waals surface area contributed by atoms with Crippen molar-refractivity contribution >= 4 is 11.9 Å². The molecule has 1 N–H and O–H groups in total. The Kier molecular flexibility index (Phi) is 5.70. The number of carbonyl (C=O) groups excluding carboxylic acids is 1. The summed E-state index contributed by atoms with van der Waals surface area (Å²) in [4.78, 5) is 17.7. The van der Waals surface area contributed by atoms with Gasteiger partial charge in [-0.05, 0) is 36.1 Å². The van der Waals surface area contributed by atoms with Crippen molar-refractivity contribution in [3.05, 3.63) is 66.0 Å². The molecule has 3 aromatic rings. The molecule has 7 heteroatoms. The maximum atomic E-state index is 13.4. The lowest BCUT2D eigenvalue weighted by molar-refractivity contribution is -0.121. The van der Waals surface area contributed by atoms with Crippen LogP contribution in [0.2, 0.25) is 0 Å². The van der Waals surface area contributed by atoms with Gasteiger partial charge < -0.3 is 9.47 Å². The third-order valence-corrected chi connectivity index (χ3v) is 5.78. The second kappa shape index (κ2) is 8.57. The van der Waals surface area contributed by atoms with Gasteiger partial charge in [-0.1, -0.05) is 49.2 Å². The van der Waals surface area contributed by atoms with E-state index in [2.05, 4.69) is 15.4 Å². The topological polar surface area (TPSA) is 78.3 Å². The van der Waals surface area contributed by atoms with Crippen LogP contribution < -0.4 is 14.8 Å². The largest absolute Gasteiger partial charge is 0.493 e. The Morgan fingerprint density at radius 1 is 1.07 bits per heavy atom. The summed E-state index contributed by atoms with van der Waals surface area (Å²) in [6.07, 6.45) is 5.19. The maximum Gasteiger partial charge on any atom is 0.248 e. The third-order valence-electron chi connectivity index (χ3n) is 5.78. The Morgan fingerprint density at radius 2 is 1.80 bits per heavy atom. The summed E-state index contributed by atoms with van der Waals surface area (Å²) in [5.41, 5.74) is 1.43.